The van der Waals surface area contributed by atoms with Crippen molar-refractivity contribution in [3.63, 3.8) is 0 Å². The van der Waals surface area contributed by atoms with Crippen molar-refractivity contribution in [1.82, 2.24) is 10.2 Å². The molecule has 1 unspecified atom stereocenters. The Kier molecular flexibility index (Phi) is 6.02. The number of nitro groups is 1. The number of rotatable bonds is 6. The van der Waals surface area contributed by atoms with E-state index in [1.54, 1.807) is 42.2 Å². The highest BCUT2D eigenvalue weighted by Gasteiger charge is 2.36. The van der Waals surface area contributed by atoms with E-state index < -0.39 is 11.0 Å². The lowest BCUT2D eigenvalue weighted by Crippen LogP contribution is -2.47. The van der Waals surface area contributed by atoms with E-state index in [4.69, 9.17) is 17.0 Å². The maximum Gasteiger partial charge on any atom is 0.273 e. The summed E-state index contributed by atoms with van der Waals surface area (Å²) in [6.45, 7) is 4.20. The molecule has 8 nitrogen and oxygen atoms in total. The van der Waals surface area contributed by atoms with Crippen molar-refractivity contribution in [2.24, 2.45) is 0 Å². The highest BCUT2D eigenvalue weighted by Crippen LogP contribution is 2.42. The molecule has 30 heavy (non-hydrogen) atoms. The molecule has 3 rings (SSSR count). The number of Topliss-reactive ketones (excluding diaryl/α,β-unsaturated/α-hetero) is 1. The number of methoxy groups -OCH3 is 1. The molecule has 0 fully saturated rings. The second kappa shape index (κ2) is 8.50. The summed E-state index contributed by atoms with van der Waals surface area (Å²) in [7, 11) is 1.30. The summed E-state index contributed by atoms with van der Waals surface area (Å²) in [5.41, 5.74) is 1.28. The van der Waals surface area contributed by atoms with E-state index in [1.807, 2.05) is 6.92 Å². The van der Waals surface area contributed by atoms with Crippen LogP contribution in [0.3, 0.4) is 0 Å². The molecule has 1 aliphatic heterocycles. The van der Waals surface area contributed by atoms with Gasteiger partial charge >= 0.3 is 0 Å². The molecule has 2 aromatic carbocycles. The first kappa shape index (κ1) is 21.3. The van der Waals surface area contributed by atoms with Crippen LogP contribution in [-0.2, 0) is 0 Å². The Balaban J connectivity index is 2.25. The van der Waals surface area contributed by atoms with E-state index in [0.717, 1.165) is 6.07 Å². The van der Waals surface area contributed by atoms with Crippen molar-refractivity contribution in [1.29, 1.82) is 0 Å². The standard InChI is InChI=1S/C21H21N3O5S/c1-4-23-12(2)17(19(25)13-8-6-5-7-9-13)18(22-21(23)30)15-10-14(24(27)28)11-16(29-3)20(15)26/h5-11,18,26H,4H2,1-3H3,(H,22,30). The fourth-order valence-electron chi connectivity index (χ4n) is 3.53. The van der Waals surface area contributed by atoms with Crippen LogP contribution in [0, 0.1) is 10.1 Å². The molecule has 0 aliphatic carbocycles. The molecule has 0 aromatic heterocycles. The number of carbonyl (C=O) groups excluding carboxylic acids is 1. The quantitative estimate of drug-likeness (QED) is 0.311. The van der Waals surface area contributed by atoms with Gasteiger partial charge in [-0.05, 0) is 26.1 Å². The first-order chi connectivity index (χ1) is 14.3. The number of thiocarbonyl (C=S) groups is 1. The van der Waals surface area contributed by atoms with Crippen LogP contribution in [-0.4, -0.2) is 39.5 Å². The normalized spacial score (nSPS) is 16.3. The van der Waals surface area contributed by atoms with Crippen molar-refractivity contribution >= 4 is 28.8 Å². The number of nitrogens with one attached hydrogen (secondary N) is 1. The Morgan fingerprint density at radius 1 is 1.33 bits per heavy atom. The van der Waals surface area contributed by atoms with Gasteiger partial charge in [0.1, 0.15) is 0 Å². The van der Waals surface area contributed by atoms with Crippen LogP contribution in [0.15, 0.2) is 53.7 Å². The molecule has 0 bridgehead atoms. The topological polar surface area (TPSA) is 105 Å². The van der Waals surface area contributed by atoms with E-state index in [1.165, 1.54) is 13.2 Å². The Morgan fingerprint density at radius 2 is 2.00 bits per heavy atom. The average Bonchev–Trinajstić information content (AvgIpc) is 2.74. The zero-order valence-electron chi connectivity index (χ0n) is 16.7. The summed E-state index contributed by atoms with van der Waals surface area (Å²) >= 11 is 5.45. The van der Waals surface area contributed by atoms with Crippen LogP contribution in [0.1, 0.15) is 35.8 Å². The Morgan fingerprint density at radius 3 is 2.57 bits per heavy atom. The van der Waals surface area contributed by atoms with Gasteiger partial charge in [0.2, 0.25) is 0 Å². The van der Waals surface area contributed by atoms with Gasteiger partial charge in [-0.2, -0.15) is 0 Å². The largest absolute Gasteiger partial charge is 0.504 e. The van der Waals surface area contributed by atoms with Gasteiger partial charge in [0.25, 0.3) is 5.69 Å². The van der Waals surface area contributed by atoms with Gasteiger partial charge in [0, 0.05) is 35.0 Å². The highest BCUT2D eigenvalue weighted by atomic mass is 32.1. The fraction of sp³-hybridized carbons (Fsp3) is 0.238. The number of benzene rings is 2. The molecular weight excluding hydrogens is 406 g/mol. The van der Waals surface area contributed by atoms with E-state index in [2.05, 4.69) is 5.32 Å². The third kappa shape index (κ3) is 3.71. The van der Waals surface area contributed by atoms with Crippen LogP contribution in [0.4, 0.5) is 5.69 Å². The van der Waals surface area contributed by atoms with Crippen molar-refractivity contribution < 1.29 is 19.6 Å². The third-order valence-corrected chi connectivity index (χ3v) is 5.36. The summed E-state index contributed by atoms with van der Waals surface area (Å²) in [6, 6.07) is 10.2. The third-order valence-electron chi connectivity index (χ3n) is 5.02. The number of aromatic hydroxyl groups is 1. The molecule has 0 saturated heterocycles. The van der Waals surface area contributed by atoms with Gasteiger partial charge in [0.05, 0.1) is 24.1 Å². The van der Waals surface area contributed by atoms with Crippen LogP contribution < -0.4 is 10.1 Å². The zero-order chi connectivity index (χ0) is 22.0. The number of hydrogen-bond donors (Lipinski definition) is 2. The smallest absolute Gasteiger partial charge is 0.273 e. The van der Waals surface area contributed by atoms with Crippen LogP contribution in [0.2, 0.25) is 0 Å². The SMILES string of the molecule is CCN1C(=S)NC(c2cc([N+](=O)[O-])cc(OC)c2O)C(C(=O)c2ccccc2)=C1C. The number of ketones is 1. The maximum atomic E-state index is 13.4. The fourth-order valence-corrected chi connectivity index (χ4v) is 3.91. The number of ether oxygens (including phenoxy) is 1. The van der Waals surface area contributed by atoms with Gasteiger partial charge in [-0.15, -0.1) is 0 Å². The average molecular weight is 427 g/mol. The summed E-state index contributed by atoms with van der Waals surface area (Å²) < 4.78 is 5.12. The number of non-ortho nitro benzene ring substituents is 1. The van der Waals surface area contributed by atoms with Crippen LogP contribution >= 0.6 is 12.2 Å². The number of carbonyl (C=O) groups is 1. The predicted molar refractivity (Wildman–Crippen MR) is 116 cm³/mol. The van der Waals surface area contributed by atoms with E-state index >= 15 is 0 Å². The van der Waals surface area contributed by atoms with E-state index in [0.29, 0.717) is 28.5 Å². The lowest BCUT2D eigenvalue weighted by Gasteiger charge is -2.37. The van der Waals surface area contributed by atoms with Crippen molar-refractivity contribution in [3.8, 4) is 11.5 Å². The van der Waals surface area contributed by atoms with E-state index in [-0.39, 0.29) is 28.5 Å². The molecular formula is C21H21N3O5S. The second-order valence-electron chi connectivity index (χ2n) is 6.66. The van der Waals surface area contributed by atoms with Gasteiger partial charge in [-0.25, -0.2) is 0 Å². The predicted octanol–water partition coefficient (Wildman–Crippen LogP) is 3.72. The number of phenolic OH excluding ortho intramolecular Hbond substituents is 1. The molecule has 1 atom stereocenters. The number of hydrogen-bond acceptors (Lipinski definition) is 6. The second-order valence-corrected chi connectivity index (χ2v) is 7.05. The van der Waals surface area contributed by atoms with Crippen molar-refractivity contribution in [2.45, 2.75) is 19.9 Å². The van der Waals surface area contributed by atoms with Gasteiger partial charge in [0.15, 0.2) is 22.4 Å². The summed E-state index contributed by atoms with van der Waals surface area (Å²) in [4.78, 5) is 26.0. The molecule has 2 aromatic rings. The zero-order valence-corrected chi connectivity index (χ0v) is 17.5. The summed E-state index contributed by atoms with van der Waals surface area (Å²) in [5.74, 6) is -0.620. The highest BCUT2D eigenvalue weighted by molar-refractivity contribution is 7.80. The molecule has 1 heterocycles. The first-order valence-corrected chi connectivity index (χ1v) is 9.64. The van der Waals surface area contributed by atoms with Gasteiger partial charge in [-0.3, -0.25) is 14.9 Å². The molecule has 9 heteroatoms. The number of allylic oxidation sites excluding steroid dienone is 1. The molecule has 1 aliphatic rings. The Hall–Kier alpha value is -3.46. The van der Waals surface area contributed by atoms with Crippen LogP contribution in [0.25, 0.3) is 0 Å². The summed E-state index contributed by atoms with van der Waals surface area (Å²) in [5, 5.41) is 25.6. The van der Waals surface area contributed by atoms with Gasteiger partial charge in [-0.1, -0.05) is 30.3 Å². The molecule has 0 amide bonds. The first-order valence-electron chi connectivity index (χ1n) is 9.23. The molecule has 0 radical (unpaired) electrons. The lowest BCUT2D eigenvalue weighted by molar-refractivity contribution is -0.385. The molecule has 0 saturated carbocycles. The minimum absolute atomic E-state index is 0.0611. The summed E-state index contributed by atoms with van der Waals surface area (Å²) in [6.07, 6.45) is 0. The molecule has 156 valence electrons. The van der Waals surface area contributed by atoms with Crippen LogP contribution in [0.5, 0.6) is 11.5 Å². The number of nitrogens with zero attached hydrogens (tertiary/aromatic N) is 2. The number of phenols is 1. The Bertz CT molecular complexity index is 1050. The van der Waals surface area contributed by atoms with E-state index in [9.17, 15) is 20.0 Å². The Labute approximate surface area is 178 Å². The molecule has 2 N–H and O–H groups in total. The minimum atomic E-state index is -0.887. The minimum Gasteiger partial charge on any atom is -0.504 e. The van der Waals surface area contributed by atoms with Crippen molar-refractivity contribution in [2.75, 3.05) is 13.7 Å². The monoisotopic (exact) mass is 427 g/mol. The molecule has 0 spiro atoms. The number of nitro benzene ring substituents is 1. The lowest BCUT2D eigenvalue weighted by atomic mass is 9.88. The van der Waals surface area contributed by atoms with Crippen molar-refractivity contribution in [3.05, 3.63) is 75.0 Å². The maximum absolute atomic E-state index is 13.4. The van der Waals surface area contributed by atoms with Gasteiger partial charge < -0.3 is 20.1 Å².